The first kappa shape index (κ1) is 28.4. The van der Waals surface area contributed by atoms with E-state index in [1.165, 1.54) is 41.3 Å². The Morgan fingerprint density at radius 2 is 1.59 bits per heavy atom. The van der Waals surface area contributed by atoms with Crippen LogP contribution < -0.4 is 5.56 Å². The predicted molar refractivity (Wildman–Crippen MR) is 151 cm³/mol. The van der Waals surface area contributed by atoms with Gasteiger partial charge in [-0.1, -0.05) is 24.3 Å². The van der Waals surface area contributed by atoms with Crippen LogP contribution in [0.4, 0.5) is 8.78 Å². The summed E-state index contributed by atoms with van der Waals surface area (Å²) in [5.74, 6) is -1.96. The molecule has 0 spiro atoms. The topological polar surface area (TPSA) is 109 Å². The molecule has 2 heterocycles. The maximum absolute atomic E-state index is 14.8. The monoisotopic (exact) mass is 578 g/mol. The number of piperazine rings is 1. The zero-order valence-electron chi connectivity index (χ0n) is 22.5. The fraction of sp³-hybridized carbons (Fsp3) is 0.267. The van der Waals surface area contributed by atoms with Gasteiger partial charge in [0.15, 0.2) is 4.90 Å². The van der Waals surface area contributed by atoms with Gasteiger partial charge in [-0.2, -0.15) is 5.10 Å². The molecule has 2 amide bonds. The second-order valence-electron chi connectivity index (χ2n) is 10.4. The normalized spacial score (nSPS) is 14.8. The number of rotatable bonds is 6. The lowest BCUT2D eigenvalue weighted by Gasteiger charge is -2.38. The van der Waals surface area contributed by atoms with E-state index >= 15 is 0 Å². The minimum Gasteiger partial charge on any atom is -0.611 e. The minimum absolute atomic E-state index is 0.0891. The molecule has 4 aromatic rings. The number of amides is 2. The Morgan fingerprint density at radius 3 is 2.27 bits per heavy atom. The van der Waals surface area contributed by atoms with Crippen molar-refractivity contribution in [2.24, 2.45) is 0 Å². The van der Waals surface area contributed by atoms with Gasteiger partial charge in [-0.05, 0) is 61.9 Å². The number of carbonyl (C=O) groups is 2. The quantitative estimate of drug-likeness (QED) is 0.351. The highest BCUT2D eigenvalue weighted by Gasteiger charge is 2.45. The molecule has 11 heteroatoms. The van der Waals surface area contributed by atoms with Crippen LogP contribution in [-0.4, -0.2) is 67.3 Å². The van der Waals surface area contributed by atoms with E-state index in [0.717, 1.165) is 0 Å². The van der Waals surface area contributed by atoms with E-state index in [1.807, 2.05) is 0 Å². The molecule has 1 saturated heterocycles. The highest BCUT2D eigenvalue weighted by atomic mass is 32.2. The summed E-state index contributed by atoms with van der Waals surface area (Å²) in [6, 6.07) is 16.6. The molecule has 8 nitrogen and oxygen atoms in total. The van der Waals surface area contributed by atoms with Crippen molar-refractivity contribution in [2.75, 3.05) is 26.2 Å². The Bertz CT molecular complexity index is 1670. The van der Waals surface area contributed by atoms with Crippen molar-refractivity contribution in [3.05, 3.63) is 106 Å². The molecule has 5 rings (SSSR count). The van der Waals surface area contributed by atoms with Gasteiger partial charge < -0.3 is 14.4 Å². The first-order chi connectivity index (χ1) is 19.6. The molecule has 1 aromatic heterocycles. The van der Waals surface area contributed by atoms with Gasteiger partial charge in [0.1, 0.15) is 11.6 Å². The van der Waals surface area contributed by atoms with Crippen LogP contribution in [-0.2, 0) is 22.4 Å². The number of fused-ring (bicyclic) bond motifs is 1. The summed E-state index contributed by atoms with van der Waals surface area (Å²) < 4.78 is 40.0. The van der Waals surface area contributed by atoms with Crippen molar-refractivity contribution >= 4 is 33.8 Å². The van der Waals surface area contributed by atoms with Gasteiger partial charge in [-0.25, -0.2) is 13.9 Å². The highest BCUT2D eigenvalue weighted by Crippen LogP contribution is 2.28. The standard InChI is InChI=1S/C30H28F2N4O4S/c1-30(2,41(40)21-10-8-20(31)9-11-21)29(39)36-15-13-35(14-16-36)28(38)24-17-19(7-12-25(24)32)18-26-22-5-3-4-6-23(22)27(37)34-33-26/h3-12,17H,13-16,18H2,1-2H3,(H,34,37). The molecular formula is C30H28F2N4O4S. The van der Waals surface area contributed by atoms with E-state index < -0.39 is 33.5 Å². The number of aromatic nitrogens is 2. The largest absolute Gasteiger partial charge is 0.611 e. The van der Waals surface area contributed by atoms with Gasteiger partial charge in [0.2, 0.25) is 4.75 Å². The lowest BCUT2D eigenvalue weighted by Crippen LogP contribution is -2.57. The summed E-state index contributed by atoms with van der Waals surface area (Å²) in [5.41, 5.74) is 0.854. The number of hydrogen-bond acceptors (Lipinski definition) is 5. The maximum atomic E-state index is 14.8. The first-order valence-corrected chi connectivity index (χ1v) is 14.2. The molecule has 1 aliphatic heterocycles. The summed E-state index contributed by atoms with van der Waals surface area (Å²) in [6.45, 7) is 3.91. The van der Waals surface area contributed by atoms with Crippen LogP contribution in [0.2, 0.25) is 0 Å². The Labute approximate surface area is 238 Å². The van der Waals surface area contributed by atoms with Crippen molar-refractivity contribution in [1.82, 2.24) is 20.0 Å². The van der Waals surface area contributed by atoms with E-state index in [-0.39, 0.29) is 49.6 Å². The maximum Gasteiger partial charge on any atom is 0.278 e. The lowest BCUT2D eigenvalue weighted by atomic mass is 10.0. The molecule has 1 N–H and O–H groups in total. The van der Waals surface area contributed by atoms with Crippen molar-refractivity contribution in [1.29, 1.82) is 0 Å². The van der Waals surface area contributed by atoms with Crippen molar-refractivity contribution in [3.63, 3.8) is 0 Å². The summed E-state index contributed by atoms with van der Waals surface area (Å²) in [5, 5.41) is 7.82. The molecule has 1 atom stereocenters. The van der Waals surface area contributed by atoms with Crippen molar-refractivity contribution in [2.45, 2.75) is 29.9 Å². The van der Waals surface area contributed by atoms with Crippen LogP contribution in [0.1, 0.15) is 35.5 Å². The third kappa shape index (κ3) is 5.73. The molecular weight excluding hydrogens is 550 g/mol. The fourth-order valence-electron chi connectivity index (χ4n) is 4.94. The minimum atomic E-state index is -1.73. The molecule has 41 heavy (non-hydrogen) atoms. The van der Waals surface area contributed by atoms with E-state index in [2.05, 4.69) is 10.2 Å². The van der Waals surface area contributed by atoms with Crippen LogP contribution in [0.3, 0.4) is 0 Å². The Balaban J connectivity index is 1.27. The fourth-order valence-corrected chi connectivity index (χ4v) is 6.20. The lowest BCUT2D eigenvalue weighted by molar-refractivity contribution is -0.134. The highest BCUT2D eigenvalue weighted by molar-refractivity contribution is 7.93. The predicted octanol–water partition coefficient (Wildman–Crippen LogP) is 3.66. The van der Waals surface area contributed by atoms with Gasteiger partial charge in [-0.15, -0.1) is 0 Å². The number of aromatic amines is 1. The molecule has 0 bridgehead atoms. The molecule has 0 aliphatic carbocycles. The van der Waals surface area contributed by atoms with Crippen LogP contribution in [0.15, 0.2) is 76.4 Å². The molecule has 1 unspecified atom stereocenters. The van der Waals surface area contributed by atoms with E-state index in [4.69, 9.17) is 0 Å². The van der Waals surface area contributed by atoms with Gasteiger partial charge in [0, 0.05) is 49.2 Å². The molecule has 0 saturated carbocycles. The Kier molecular flexibility index (Phi) is 7.92. The third-order valence-corrected chi connectivity index (χ3v) is 9.07. The first-order valence-electron chi connectivity index (χ1n) is 13.1. The average Bonchev–Trinajstić information content (AvgIpc) is 2.99. The third-order valence-electron chi connectivity index (χ3n) is 7.27. The summed E-state index contributed by atoms with van der Waals surface area (Å²) in [6.07, 6.45) is 0.278. The van der Waals surface area contributed by atoms with Gasteiger partial charge in [0.05, 0.1) is 16.6 Å². The number of benzene rings is 3. The second kappa shape index (κ2) is 11.4. The van der Waals surface area contributed by atoms with E-state index in [0.29, 0.717) is 26.9 Å². The molecule has 212 valence electrons. The van der Waals surface area contributed by atoms with Gasteiger partial charge in [0.25, 0.3) is 17.4 Å². The Hall–Kier alpha value is -4.09. The molecule has 1 fully saturated rings. The smallest absolute Gasteiger partial charge is 0.278 e. The van der Waals surface area contributed by atoms with Gasteiger partial charge in [-0.3, -0.25) is 14.4 Å². The summed E-state index contributed by atoms with van der Waals surface area (Å²) >= 11 is -1.73. The summed E-state index contributed by atoms with van der Waals surface area (Å²) in [7, 11) is 0. The number of halogens is 2. The van der Waals surface area contributed by atoms with Crippen LogP contribution >= 0.6 is 0 Å². The number of nitrogens with zero attached hydrogens (tertiary/aromatic N) is 3. The van der Waals surface area contributed by atoms with Crippen LogP contribution in [0.25, 0.3) is 10.8 Å². The van der Waals surface area contributed by atoms with Crippen molar-refractivity contribution in [3.8, 4) is 0 Å². The second-order valence-corrected chi connectivity index (χ2v) is 12.4. The molecule has 1 aliphatic rings. The van der Waals surface area contributed by atoms with Crippen molar-refractivity contribution < 1.29 is 22.9 Å². The van der Waals surface area contributed by atoms with Crippen LogP contribution in [0.5, 0.6) is 0 Å². The molecule has 3 aromatic carbocycles. The summed E-state index contributed by atoms with van der Waals surface area (Å²) in [4.78, 5) is 42.1. The number of hydrogen-bond donors (Lipinski definition) is 1. The van der Waals surface area contributed by atoms with E-state index in [1.54, 1.807) is 49.1 Å². The average molecular weight is 579 g/mol. The van der Waals surface area contributed by atoms with E-state index in [9.17, 15) is 27.7 Å². The zero-order valence-corrected chi connectivity index (χ0v) is 23.3. The SMILES string of the molecule is CC(C)(C(=O)N1CCN(C(=O)c2cc(Cc3n[nH]c(=O)c4ccccc34)ccc2F)CC1)[S+]([O-])c1ccc(F)cc1. The number of carbonyl (C=O) groups excluding carboxylic acids is 2. The number of H-pyrrole nitrogens is 1. The number of nitrogens with one attached hydrogen (secondary N) is 1. The zero-order chi connectivity index (χ0) is 29.3. The Morgan fingerprint density at radius 1 is 0.951 bits per heavy atom. The van der Waals surface area contributed by atoms with Crippen LogP contribution in [0, 0.1) is 11.6 Å². The van der Waals surface area contributed by atoms with Gasteiger partial charge >= 0.3 is 0 Å². The molecule has 0 radical (unpaired) electrons.